The summed E-state index contributed by atoms with van der Waals surface area (Å²) < 4.78 is 0. The Kier molecular flexibility index (Phi) is 5.29. The predicted octanol–water partition coefficient (Wildman–Crippen LogP) is 0.961. The Balaban J connectivity index is 1.36. The number of urea groups is 2. The highest BCUT2D eigenvalue weighted by molar-refractivity contribution is 6.42. The van der Waals surface area contributed by atoms with Crippen molar-refractivity contribution in [3.8, 4) is 0 Å². The van der Waals surface area contributed by atoms with E-state index in [0.717, 1.165) is 4.90 Å². The topological polar surface area (TPSA) is 119 Å². The van der Waals surface area contributed by atoms with Gasteiger partial charge in [-0.25, -0.2) is 14.5 Å². The van der Waals surface area contributed by atoms with E-state index in [2.05, 4.69) is 10.6 Å². The number of hydrogen-bond donors (Lipinski definition) is 2. The number of halogens is 2. The molecule has 10 nitrogen and oxygen atoms in total. The summed E-state index contributed by atoms with van der Waals surface area (Å²) in [5, 5.41) is 5.30. The van der Waals surface area contributed by atoms with Crippen LogP contribution in [-0.4, -0.2) is 71.3 Å². The van der Waals surface area contributed by atoms with E-state index in [1.807, 2.05) is 0 Å². The molecule has 0 aliphatic carbocycles. The molecule has 1 aromatic rings. The van der Waals surface area contributed by atoms with Crippen LogP contribution < -0.4 is 15.5 Å². The van der Waals surface area contributed by atoms with Gasteiger partial charge in [0.2, 0.25) is 5.91 Å². The molecule has 1 aromatic carbocycles. The Morgan fingerprint density at radius 1 is 1.07 bits per heavy atom. The summed E-state index contributed by atoms with van der Waals surface area (Å²) in [6.45, 7) is 0.672. The molecule has 0 saturated carbocycles. The van der Waals surface area contributed by atoms with E-state index in [-0.39, 0.29) is 42.5 Å². The highest BCUT2D eigenvalue weighted by Crippen LogP contribution is 2.29. The van der Waals surface area contributed by atoms with Gasteiger partial charge in [-0.2, -0.15) is 0 Å². The van der Waals surface area contributed by atoms with Crippen LogP contribution in [0.15, 0.2) is 18.2 Å². The molecular weight excluding hydrogens is 437 g/mol. The van der Waals surface area contributed by atoms with E-state index in [4.69, 9.17) is 23.2 Å². The van der Waals surface area contributed by atoms with Gasteiger partial charge in [0.25, 0.3) is 11.8 Å². The zero-order valence-corrected chi connectivity index (χ0v) is 17.1. The van der Waals surface area contributed by atoms with Gasteiger partial charge in [-0.05, 0) is 24.6 Å². The van der Waals surface area contributed by atoms with Gasteiger partial charge in [0.05, 0.1) is 22.3 Å². The number of hydrogen-bond acceptors (Lipinski definition) is 5. The first kappa shape index (κ1) is 20.4. The van der Waals surface area contributed by atoms with Gasteiger partial charge in [0.1, 0.15) is 12.1 Å². The minimum Gasteiger partial charge on any atom is -0.338 e. The van der Waals surface area contributed by atoms with Crippen LogP contribution in [-0.2, 0) is 14.4 Å². The molecule has 0 spiro atoms. The first-order valence-electron chi connectivity index (χ1n) is 9.25. The van der Waals surface area contributed by atoms with Gasteiger partial charge < -0.3 is 15.1 Å². The molecule has 3 aliphatic rings. The number of carbonyl (C=O) groups excluding carboxylic acids is 5. The molecule has 2 atom stereocenters. The molecule has 2 unspecified atom stereocenters. The molecule has 3 fully saturated rings. The van der Waals surface area contributed by atoms with E-state index < -0.39 is 36.0 Å². The third-order valence-electron chi connectivity index (χ3n) is 5.35. The van der Waals surface area contributed by atoms with Crippen LogP contribution in [0.4, 0.5) is 15.3 Å². The van der Waals surface area contributed by atoms with Crippen molar-refractivity contribution >= 4 is 58.7 Å². The summed E-state index contributed by atoms with van der Waals surface area (Å²) in [5.74, 6) is -1.17. The Bertz CT molecular complexity index is 970. The maximum atomic E-state index is 12.7. The van der Waals surface area contributed by atoms with Crippen molar-refractivity contribution in [2.45, 2.75) is 24.9 Å². The minimum atomic E-state index is -0.853. The van der Waals surface area contributed by atoms with Crippen molar-refractivity contribution in [2.75, 3.05) is 24.5 Å². The highest BCUT2D eigenvalue weighted by atomic mass is 35.5. The number of anilines is 1. The Hall–Kier alpha value is -2.85. The Morgan fingerprint density at radius 3 is 2.57 bits per heavy atom. The fourth-order valence-corrected chi connectivity index (χ4v) is 4.05. The number of piperazine rings is 1. The van der Waals surface area contributed by atoms with E-state index in [0.29, 0.717) is 11.6 Å². The molecule has 2 N–H and O–H groups in total. The van der Waals surface area contributed by atoms with Gasteiger partial charge >= 0.3 is 12.1 Å². The molecule has 30 heavy (non-hydrogen) atoms. The van der Waals surface area contributed by atoms with Crippen LogP contribution in [0.1, 0.15) is 12.8 Å². The van der Waals surface area contributed by atoms with E-state index in [9.17, 15) is 24.0 Å². The first-order chi connectivity index (χ1) is 14.3. The first-order valence-corrected chi connectivity index (χ1v) is 10.0. The number of nitrogens with zero attached hydrogens (tertiary/aromatic N) is 3. The van der Waals surface area contributed by atoms with Crippen LogP contribution in [0.25, 0.3) is 0 Å². The summed E-state index contributed by atoms with van der Waals surface area (Å²) in [5.41, 5.74) is 0.286. The van der Waals surface area contributed by atoms with Crippen LogP contribution >= 0.6 is 23.2 Å². The second kappa shape index (κ2) is 7.77. The largest absolute Gasteiger partial charge is 0.338 e. The van der Waals surface area contributed by atoms with Crippen molar-refractivity contribution in [1.29, 1.82) is 0 Å². The van der Waals surface area contributed by atoms with E-state index in [1.54, 1.807) is 0 Å². The van der Waals surface area contributed by atoms with Gasteiger partial charge in [0.15, 0.2) is 0 Å². The van der Waals surface area contributed by atoms with Gasteiger partial charge in [0, 0.05) is 19.5 Å². The molecule has 3 saturated heterocycles. The van der Waals surface area contributed by atoms with Gasteiger partial charge in [-0.15, -0.1) is 0 Å². The van der Waals surface area contributed by atoms with Crippen molar-refractivity contribution in [3.63, 3.8) is 0 Å². The molecule has 3 heterocycles. The molecule has 3 aliphatic heterocycles. The number of nitrogens with one attached hydrogen (secondary N) is 2. The van der Waals surface area contributed by atoms with E-state index in [1.165, 1.54) is 28.0 Å². The number of rotatable bonds is 4. The third-order valence-corrected chi connectivity index (χ3v) is 6.09. The smallest absolute Gasteiger partial charge is 0.329 e. The summed E-state index contributed by atoms with van der Waals surface area (Å²) in [6.07, 6.45) is 0.116. The van der Waals surface area contributed by atoms with Crippen molar-refractivity contribution in [3.05, 3.63) is 28.2 Å². The average Bonchev–Trinajstić information content (AvgIpc) is 3.16. The highest BCUT2D eigenvalue weighted by Gasteiger charge is 2.43. The van der Waals surface area contributed by atoms with Crippen molar-refractivity contribution in [2.24, 2.45) is 0 Å². The second-order valence-corrected chi connectivity index (χ2v) is 7.97. The Morgan fingerprint density at radius 2 is 1.83 bits per heavy atom. The Labute approximate surface area is 181 Å². The summed E-state index contributed by atoms with van der Waals surface area (Å²) in [7, 11) is 0. The monoisotopic (exact) mass is 453 g/mol. The lowest BCUT2D eigenvalue weighted by Gasteiger charge is -2.35. The lowest BCUT2D eigenvalue weighted by molar-refractivity contribution is -0.135. The van der Waals surface area contributed by atoms with Crippen molar-refractivity contribution < 1.29 is 24.0 Å². The third kappa shape index (κ3) is 3.56. The molecule has 4 rings (SSSR count). The van der Waals surface area contributed by atoms with E-state index >= 15 is 0 Å². The summed E-state index contributed by atoms with van der Waals surface area (Å²) in [6, 6.07) is 1.82. The summed E-state index contributed by atoms with van der Waals surface area (Å²) in [4.78, 5) is 64.8. The molecule has 12 heteroatoms. The molecule has 158 valence electrons. The van der Waals surface area contributed by atoms with Gasteiger partial charge in [-0.3, -0.25) is 19.7 Å². The van der Waals surface area contributed by atoms with Crippen molar-refractivity contribution in [1.82, 2.24) is 20.4 Å². The van der Waals surface area contributed by atoms with Gasteiger partial charge in [-0.1, -0.05) is 23.2 Å². The zero-order chi connectivity index (χ0) is 21.6. The number of benzene rings is 1. The van der Waals surface area contributed by atoms with Crippen LogP contribution in [0.3, 0.4) is 0 Å². The maximum absolute atomic E-state index is 12.7. The fraction of sp³-hybridized carbons (Fsp3) is 0.389. The zero-order valence-electron chi connectivity index (χ0n) is 15.6. The predicted molar refractivity (Wildman–Crippen MR) is 106 cm³/mol. The quantitative estimate of drug-likeness (QED) is 0.657. The lowest BCUT2D eigenvalue weighted by atomic mass is 10.1. The minimum absolute atomic E-state index is 0.00812. The molecule has 0 bridgehead atoms. The van der Waals surface area contributed by atoms with Crippen LogP contribution in [0, 0.1) is 0 Å². The maximum Gasteiger partial charge on any atom is 0.329 e. The number of fused-ring (bicyclic) bond motifs is 1. The molecule has 7 amide bonds. The SMILES string of the molecule is O=C1NC(=O)N2CCN(C(=O)CCC3NC(=O)N(c4ccc(Cl)c(Cl)c4)C3=O)CC12. The average molecular weight is 454 g/mol. The lowest BCUT2D eigenvalue weighted by Crippen LogP contribution is -2.54. The fourth-order valence-electron chi connectivity index (χ4n) is 3.76. The normalized spacial score (nSPS) is 23.6. The number of imide groups is 2. The second-order valence-electron chi connectivity index (χ2n) is 7.16. The van der Waals surface area contributed by atoms with Crippen LogP contribution in [0.5, 0.6) is 0 Å². The summed E-state index contributed by atoms with van der Waals surface area (Å²) >= 11 is 11.8. The molecular formula is C18H17Cl2N5O5. The number of carbonyl (C=O) groups is 5. The molecule has 0 radical (unpaired) electrons. The van der Waals surface area contributed by atoms with Crippen LogP contribution in [0.2, 0.25) is 10.0 Å². The standard InChI is InChI=1S/C18H17Cl2N5O5/c19-10-2-1-9(7-11(10)20)25-16(28)12(21-18(25)30)3-4-14(26)23-5-6-24-13(8-23)15(27)22-17(24)29/h1-2,7,12-13H,3-6,8H2,(H,21,30)(H,22,27,29). The number of amides is 7. The molecule has 0 aromatic heterocycles.